The summed E-state index contributed by atoms with van der Waals surface area (Å²) in [5.41, 5.74) is 5.49. The smallest absolute Gasteiger partial charge is 0.326 e. The van der Waals surface area contributed by atoms with E-state index in [1.54, 1.807) is 0 Å². The number of hydrogen-bond donors (Lipinski definition) is 3. The highest BCUT2D eigenvalue weighted by Crippen LogP contribution is 2.16. The molecule has 0 heterocycles. The van der Waals surface area contributed by atoms with Gasteiger partial charge in [-0.25, -0.2) is 4.79 Å². The number of carboxylic acids is 1. The summed E-state index contributed by atoms with van der Waals surface area (Å²) in [7, 11) is 0. The molecule has 0 aliphatic heterocycles. The summed E-state index contributed by atoms with van der Waals surface area (Å²) in [6, 6.07) is -0.875. The van der Waals surface area contributed by atoms with Crippen molar-refractivity contribution in [2.45, 2.75) is 244 Å². The molecule has 0 saturated heterocycles. The first-order valence-electron chi connectivity index (χ1n) is 24.0. The first-order valence-corrected chi connectivity index (χ1v) is 24.0. The number of nitrogens with two attached hydrogens (primary N) is 1. The summed E-state index contributed by atoms with van der Waals surface area (Å²) in [4.78, 5) is 36.4. The van der Waals surface area contributed by atoms with Crippen LogP contribution >= 0.6 is 0 Å². The Kier molecular flexibility index (Phi) is 42.4. The Morgan fingerprint density at radius 1 is 0.526 bits per heavy atom. The minimum atomic E-state index is -1.02. The topological polar surface area (TPSA) is 119 Å². The van der Waals surface area contributed by atoms with Crippen molar-refractivity contribution in [1.29, 1.82) is 0 Å². The van der Waals surface area contributed by atoms with Crippen LogP contribution in [0.3, 0.4) is 0 Å². The first kappa shape index (κ1) is 54.3. The van der Waals surface area contributed by atoms with Crippen molar-refractivity contribution < 1.29 is 24.2 Å². The minimum Gasteiger partial charge on any atom is -0.480 e. The van der Waals surface area contributed by atoms with E-state index in [9.17, 15) is 19.5 Å². The van der Waals surface area contributed by atoms with E-state index >= 15 is 0 Å². The van der Waals surface area contributed by atoms with Crippen LogP contribution in [0.25, 0.3) is 0 Å². The van der Waals surface area contributed by atoms with Gasteiger partial charge >= 0.3 is 11.9 Å². The van der Waals surface area contributed by atoms with Crippen molar-refractivity contribution in [3.05, 3.63) is 48.6 Å². The van der Waals surface area contributed by atoms with Gasteiger partial charge in [-0.1, -0.05) is 172 Å². The summed E-state index contributed by atoms with van der Waals surface area (Å²) in [6.45, 7) is 4.90. The fraction of sp³-hybridized carbons (Fsp3) is 0.780. The number of esters is 1. The molecule has 0 saturated carbocycles. The van der Waals surface area contributed by atoms with Crippen LogP contribution in [0.15, 0.2) is 48.6 Å². The standard InChI is InChI=1S/C50H90N2O5/c1-3-5-7-9-11-13-14-15-16-17-18-19-20-21-22-23-24-25-26-28-30-32-38-44-49(54)57-46(40-35-31-29-27-12-10-8-6-4-2)41-36-33-34-37-43-48(53)52-47(50(55)56)42-39-45-51/h14-15,17-18,27,29,35,40,46-47H,3-13,16,19-26,28,30-34,36-39,41-45,51H2,1-2H3,(H,52,53)(H,55,56)/b15-14-,18-17-,29-27-,40-35-. The van der Waals surface area contributed by atoms with Gasteiger partial charge in [-0.05, 0) is 103 Å². The minimum absolute atomic E-state index is 0.105. The Balaban J connectivity index is 4.17. The van der Waals surface area contributed by atoms with E-state index in [-0.39, 0.29) is 18.0 Å². The lowest BCUT2D eigenvalue weighted by molar-refractivity contribution is -0.147. The van der Waals surface area contributed by atoms with Gasteiger partial charge in [0.05, 0.1) is 0 Å². The van der Waals surface area contributed by atoms with E-state index in [0.717, 1.165) is 57.8 Å². The number of carboxylic acid groups (broad SMARTS) is 1. The molecule has 57 heavy (non-hydrogen) atoms. The average molecular weight is 799 g/mol. The molecule has 0 radical (unpaired) electrons. The third kappa shape index (κ3) is 41.3. The largest absolute Gasteiger partial charge is 0.480 e. The Morgan fingerprint density at radius 3 is 1.47 bits per heavy atom. The van der Waals surface area contributed by atoms with Crippen LogP contribution in [-0.4, -0.2) is 41.6 Å². The molecule has 2 unspecified atom stereocenters. The van der Waals surface area contributed by atoms with E-state index in [0.29, 0.717) is 38.6 Å². The van der Waals surface area contributed by atoms with Gasteiger partial charge in [0.25, 0.3) is 0 Å². The molecule has 2 atom stereocenters. The highest BCUT2D eigenvalue weighted by molar-refractivity contribution is 5.83. The van der Waals surface area contributed by atoms with Gasteiger partial charge in [0.15, 0.2) is 0 Å². The first-order chi connectivity index (χ1) is 27.9. The quantitative estimate of drug-likeness (QED) is 0.0321. The molecule has 4 N–H and O–H groups in total. The number of carbonyl (C=O) groups excluding carboxylic acids is 2. The van der Waals surface area contributed by atoms with E-state index in [2.05, 4.69) is 61.7 Å². The molecule has 330 valence electrons. The van der Waals surface area contributed by atoms with Crippen LogP contribution in [0.1, 0.15) is 232 Å². The monoisotopic (exact) mass is 799 g/mol. The summed E-state index contributed by atoms with van der Waals surface area (Å²) in [5.74, 6) is -1.35. The molecule has 0 aromatic heterocycles. The number of nitrogens with one attached hydrogen (secondary N) is 1. The number of ether oxygens (including phenoxy) is 1. The lowest BCUT2D eigenvalue weighted by Gasteiger charge is -2.15. The molecular weight excluding hydrogens is 709 g/mol. The predicted molar refractivity (Wildman–Crippen MR) is 243 cm³/mol. The summed E-state index contributed by atoms with van der Waals surface area (Å²) < 4.78 is 5.93. The van der Waals surface area contributed by atoms with Crippen LogP contribution in [-0.2, 0) is 19.1 Å². The molecular formula is C50H90N2O5. The van der Waals surface area contributed by atoms with Crippen LogP contribution in [0, 0.1) is 0 Å². The molecule has 7 nitrogen and oxygen atoms in total. The summed E-state index contributed by atoms with van der Waals surface area (Å²) in [5, 5.41) is 11.9. The van der Waals surface area contributed by atoms with E-state index in [1.807, 2.05) is 6.08 Å². The maximum absolute atomic E-state index is 12.8. The second-order valence-electron chi connectivity index (χ2n) is 16.2. The van der Waals surface area contributed by atoms with Crippen molar-refractivity contribution in [1.82, 2.24) is 5.32 Å². The zero-order valence-corrected chi connectivity index (χ0v) is 37.2. The summed E-state index contributed by atoms with van der Waals surface area (Å²) in [6.07, 6.45) is 54.7. The number of aliphatic carboxylic acids is 1. The van der Waals surface area contributed by atoms with Crippen molar-refractivity contribution in [2.24, 2.45) is 5.73 Å². The Morgan fingerprint density at radius 2 is 0.965 bits per heavy atom. The SMILES string of the molecule is CCCCCC/C=C\C/C=C\C(CCCCCCC(=O)NC(CCCN)C(=O)O)OC(=O)CCCCCCCCCCCCC/C=C\C/C=C\CCCCCCC. The number of rotatable bonds is 43. The highest BCUT2D eigenvalue weighted by atomic mass is 16.5. The Hall–Kier alpha value is -2.67. The normalized spacial score (nSPS) is 13.0. The molecule has 7 heteroatoms. The van der Waals surface area contributed by atoms with E-state index < -0.39 is 12.0 Å². The molecule has 0 rings (SSSR count). The van der Waals surface area contributed by atoms with Gasteiger partial charge in [-0.2, -0.15) is 0 Å². The third-order valence-corrected chi connectivity index (χ3v) is 10.6. The van der Waals surface area contributed by atoms with Gasteiger partial charge in [-0.15, -0.1) is 0 Å². The van der Waals surface area contributed by atoms with Crippen LogP contribution in [0.2, 0.25) is 0 Å². The Labute approximate surface area is 351 Å². The van der Waals surface area contributed by atoms with Crippen molar-refractivity contribution in [2.75, 3.05) is 6.54 Å². The van der Waals surface area contributed by atoms with Gasteiger partial charge in [0.1, 0.15) is 12.1 Å². The molecule has 0 bridgehead atoms. The van der Waals surface area contributed by atoms with Gasteiger partial charge < -0.3 is 20.9 Å². The predicted octanol–water partition coefficient (Wildman–Crippen LogP) is 14.0. The molecule has 0 spiro atoms. The fourth-order valence-corrected chi connectivity index (χ4v) is 6.96. The van der Waals surface area contributed by atoms with E-state index in [4.69, 9.17) is 10.5 Å². The molecule has 0 aromatic rings. The van der Waals surface area contributed by atoms with Crippen LogP contribution in [0.5, 0.6) is 0 Å². The van der Waals surface area contributed by atoms with Crippen molar-refractivity contribution in [3.8, 4) is 0 Å². The molecule has 0 aromatic carbocycles. The number of hydrogen-bond acceptors (Lipinski definition) is 5. The van der Waals surface area contributed by atoms with Gasteiger partial charge in [0.2, 0.25) is 5.91 Å². The maximum atomic E-state index is 12.8. The number of allylic oxidation sites excluding steroid dienone is 7. The zero-order chi connectivity index (χ0) is 41.7. The molecule has 1 amide bonds. The lowest BCUT2D eigenvalue weighted by atomic mass is 10.0. The number of carbonyl (C=O) groups is 3. The summed E-state index contributed by atoms with van der Waals surface area (Å²) >= 11 is 0. The zero-order valence-electron chi connectivity index (χ0n) is 37.2. The van der Waals surface area contributed by atoms with Crippen molar-refractivity contribution >= 4 is 17.8 Å². The second-order valence-corrected chi connectivity index (χ2v) is 16.2. The molecule has 0 aliphatic rings. The highest BCUT2D eigenvalue weighted by Gasteiger charge is 2.19. The Bertz CT molecular complexity index is 1040. The van der Waals surface area contributed by atoms with Crippen LogP contribution < -0.4 is 11.1 Å². The molecule has 0 aliphatic carbocycles. The van der Waals surface area contributed by atoms with E-state index in [1.165, 1.54) is 128 Å². The van der Waals surface area contributed by atoms with Gasteiger partial charge in [-0.3, -0.25) is 9.59 Å². The average Bonchev–Trinajstić information content (AvgIpc) is 3.20. The van der Waals surface area contributed by atoms with Crippen LogP contribution in [0.4, 0.5) is 0 Å². The lowest BCUT2D eigenvalue weighted by Crippen LogP contribution is -2.40. The van der Waals surface area contributed by atoms with Crippen molar-refractivity contribution in [3.63, 3.8) is 0 Å². The maximum Gasteiger partial charge on any atom is 0.326 e. The third-order valence-electron chi connectivity index (χ3n) is 10.6. The second kappa shape index (κ2) is 44.4. The number of amides is 1. The van der Waals surface area contributed by atoms with Gasteiger partial charge in [0, 0.05) is 12.8 Å². The molecule has 0 fully saturated rings. The fourth-order valence-electron chi connectivity index (χ4n) is 6.96. The number of unbranched alkanes of at least 4 members (excludes halogenated alkanes) is 23.